The van der Waals surface area contributed by atoms with E-state index in [4.69, 9.17) is 4.74 Å². The van der Waals surface area contributed by atoms with Gasteiger partial charge in [0.1, 0.15) is 0 Å². The van der Waals surface area contributed by atoms with E-state index in [1.807, 2.05) is 0 Å². The Balaban J connectivity index is 2.15. The third-order valence-electron chi connectivity index (χ3n) is 2.40. The molecular formula is C12H12N2O3S. The van der Waals surface area contributed by atoms with Crippen molar-refractivity contribution in [1.82, 2.24) is 9.88 Å². The fourth-order valence-electron chi connectivity index (χ4n) is 1.49. The van der Waals surface area contributed by atoms with Crippen molar-refractivity contribution in [2.24, 2.45) is 0 Å². The first-order valence-electron chi connectivity index (χ1n) is 5.36. The number of hydrogen-bond acceptors (Lipinski definition) is 5. The smallest absolute Gasteiger partial charge is 0.293 e. The fourth-order valence-corrected chi connectivity index (χ4v) is 2.35. The van der Waals surface area contributed by atoms with Crippen molar-refractivity contribution in [3.8, 4) is 0 Å². The summed E-state index contributed by atoms with van der Waals surface area (Å²) in [6.07, 6.45) is 4.97. The number of nitrogens with zero attached hydrogens (tertiary/aromatic N) is 2. The van der Waals surface area contributed by atoms with Crippen molar-refractivity contribution >= 4 is 29.0 Å². The molecule has 0 radical (unpaired) electrons. The van der Waals surface area contributed by atoms with Crippen molar-refractivity contribution < 1.29 is 14.3 Å². The number of rotatable bonds is 4. The zero-order valence-corrected chi connectivity index (χ0v) is 10.6. The molecule has 6 heteroatoms. The molecule has 1 aliphatic rings. The molecule has 0 unspecified atom stereocenters. The summed E-state index contributed by atoms with van der Waals surface area (Å²) in [6.45, 7) is 0.634. The SMILES string of the molecule is COCCN1C(=O)S/C(=C/c2ccncc2)C1=O. The monoisotopic (exact) mass is 264 g/mol. The number of carbonyl (C=O) groups excluding carboxylic acids is 2. The Morgan fingerprint density at radius 2 is 2.11 bits per heavy atom. The average molecular weight is 264 g/mol. The van der Waals surface area contributed by atoms with Crippen LogP contribution >= 0.6 is 11.8 Å². The predicted octanol–water partition coefficient (Wildman–Crippen LogP) is 1.76. The molecule has 2 rings (SSSR count). The lowest BCUT2D eigenvalue weighted by atomic mass is 10.2. The Labute approximate surface area is 109 Å². The largest absolute Gasteiger partial charge is 0.383 e. The molecule has 18 heavy (non-hydrogen) atoms. The van der Waals surface area contributed by atoms with Gasteiger partial charge in [-0.2, -0.15) is 0 Å². The second-order valence-electron chi connectivity index (χ2n) is 3.61. The highest BCUT2D eigenvalue weighted by Gasteiger charge is 2.34. The van der Waals surface area contributed by atoms with Gasteiger partial charge >= 0.3 is 0 Å². The van der Waals surface area contributed by atoms with Crippen LogP contribution in [0.1, 0.15) is 5.56 Å². The van der Waals surface area contributed by atoms with E-state index in [1.165, 1.54) is 12.0 Å². The molecule has 1 saturated heterocycles. The molecule has 0 spiro atoms. The van der Waals surface area contributed by atoms with E-state index in [0.717, 1.165) is 17.3 Å². The summed E-state index contributed by atoms with van der Waals surface area (Å²) in [4.78, 5) is 29.1. The minimum Gasteiger partial charge on any atom is -0.383 e. The second-order valence-corrected chi connectivity index (χ2v) is 4.60. The van der Waals surface area contributed by atoms with Gasteiger partial charge in [0.2, 0.25) is 0 Å². The summed E-state index contributed by atoms with van der Waals surface area (Å²) in [6, 6.07) is 3.56. The van der Waals surface area contributed by atoms with E-state index in [1.54, 1.807) is 30.6 Å². The third kappa shape index (κ3) is 2.77. The van der Waals surface area contributed by atoms with Gasteiger partial charge in [-0.25, -0.2) is 0 Å². The highest BCUT2D eigenvalue weighted by atomic mass is 32.2. The van der Waals surface area contributed by atoms with Gasteiger partial charge in [-0.15, -0.1) is 0 Å². The van der Waals surface area contributed by atoms with Crippen LogP contribution in [0.2, 0.25) is 0 Å². The number of amides is 2. The summed E-state index contributed by atoms with van der Waals surface area (Å²) >= 11 is 0.950. The Morgan fingerprint density at radius 3 is 2.78 bits per heavy atom. The van der Waals surface area contributed by atoms with Gasteiger partial charge in [-0.05, 0) is 35.5 Å². The highest BCUT2D eigenvalue weighted by Crippen LogP contribution is 2.31. The van der Waals surface area contributed by atoms with Crippen LogP contribution in [-0.2, 0) is 9.53 Å². The van der Waals surface area contributed by atoms with E-state index in [0.29, 0.717) is 11.5 Å². The molecule has 0 bridgehead atoms. The van der Waals surface area contributed by atoms with Crippen LogP contribution < -0.4 is 0 Å². The molecule has 94 valence electrons. The topological polar surface area (TPSA) is 59.5 Å². The molecule has 1 aliphatic heterocycles. The van der Waals surface area contributed by atoms with Crippen LogP contribution in [0.3, 0.4) is 0 Å². The normalized spacial score (nSPS) is 17.8. The molecule has 5 nitrogen and oxygen atoms in total. The molecule has 0 saturated carbocycles. The first-order valence-corrected chi connectivity index (χ1v) is 6.18. The highest BCUT2D eigenvalue weighted by molar-refractivity contribution is 8.18. The molecule has 0 aliphatic carbocycles. The Hall–Kier alpha value is -1.66. The number of ether oxygens (including phenoxy) is 1. The number of thioether (sulfide) groups is 1. The molecule has 0 N–H and O–H groups in total. The summed E-state index contributed by atoms with van der Waals surface area (Å²) in [5, 5.41) is -0.252. The van der Waals surface area contributed by atoms with E-state index >= 15 is 0 Å². The minimum atomic E-state index is -0.265. The summed E-state index contributed by atoms with van der Waals surface area (Å²) < 4.78 is 4.87. The van der Waals surface area contributed by atoms with Crippen LogP contribution in [0.4, 0.5) is 4.79 Å². The molecule has 1 aromatic rings. The standard InChI is InChI=1S/C12H12N2O3S/c1-17-7-6-14-11(15)10(18-12(14)16)8-9-2-4-13-5-3-9/h2-5,8H,6-7H2,1H3/b10-8+. The van der Waals surface area contributed by atoms with Crippen molar-refractivity contribution in [3.63, 3.8) is 0 Å². The van der Waals surface area contributed by atoms with Gasteiger partial charge in [0.05, 0.1) is 18.1 Å². The van der Waals surface area contributed by atoms with Gasteiger partial charge in [0.15, 0.2) is 0 Å². The lowest BCUT2D eigenvalue weighted by Gasteiger charge is -2.10. The van der Waals surface area contributed by atoms with Crippen LogP contribution in [-0.4, -0.2) is 41.3 Å². The van der Waals surface area contributed by atoms with Gasteiger partial charge in [0, 0.05) is 19.5 Å². The molecule has 2 heterocycles. The maximum Gasteiger partial charge on any atom is 0.293 e. The van der Waals surface area contributed by atoms with E-state index in [-0.39, 0.29) is 17.7 Å². The number of pyridine rings is 1. The van der Waals surface area contributed by atoms with Crippen molar-refractivity contribution in [3.05, 3.63) is 35.0 Å². The molecule has 2 amide bonds. The first-order chi connectivity index (χ1) is 8.72. The summed E-state index contributed by atoms with van der Waals surface area (Å²) in [7, 11) is 1.53. The molecule has 0 aromatic carbocycles. The van der Waals surface area contributed by atoms with Crippen molar-refractivity contribution in [1.29, 1.82) is 0 Å². The lowest BCUT2D eigenvalue weighted by Crippen LogP contribution is -2.31. The number of aromatic nitrogens is 1. The molecule has 1 fully saturated rings. The number of hydrogen-bond donors (Lipinski definition) is 0. The average Bonchev–Trinajstić information content (AvgIpc) is 2.64. The maximum absolute atomic E-state index is 12.0. The van der Waals surface area contributed by atoms with Crippen molar-refractivity contribution in [2.45, 2.75) is 0 Å². The first kappa shape index (κ1) is 12.8. The van der Waals surface area contributed by atoms with E-state index < -0.39 is 0 Å². The van der Waals surface area contributed by atoms with Gasteiger partial charge in [-0.3, -0.25) is 19.5 Å². The zero-order valence-electron chi connectivity index (χ0n) is 9.83. The quantitative estimate of drug-likeness (QED) is 0.776. The fraction of sp³-hybridized carbons (Fsp3) is 0.250. The molecule has 0 atom stereocenters. The van der Waals surface area contributed by atoms with Crippen LogP contribution in [0, 0.1) is 0 Å². The van der Waals surface area contributed by atoms with E-state index in [9.17, 15) is 9.59 Å². The van der Waals surface area contributed by atoms with Crippen molar-refractivity contribution in [2.75, 3.05) is 20.3 Å². The summed E-state index contributed by atoms with van der Waals surface area (Å²) in [5.41, 5.74) is 0.849. The van der Waals surface area contributed by atoms with Gasteiger partial charge in [-0.1, -0.05) is 0 Å². The molecule has 1 aromatic heterocycles. The van der Waals surface area contributed by atoms with Gasteiger partial charge in [0.25, 0.3) is 11.1 Å². The third-order valence-corrected chi connectivity index (χ3v) is 3.30. The van der Waals surface area contributed by atoms with Crippen LogP contribution in [0.15, 0.2) is 29.4 Å². The second kappa shape index (κ2) is 5.79. The van der Waals surface area contributed by atoms with Crippen LogP contribution in [0.5, 0.6) is 0 Å². The van der Waals surface area contributed by atoms with Gasteiger partial charge < -0.3 is 4.74 Å². The lowest BCUT2D eigenvalue weighted by molar-refractivity contribution is -0.123. The van der Waals surface area contributed by atoms with Crippen LogP contribution in [0.25, 0.3) is 6.08 Å². The Morgan fingerprint density at radius 1 is 1.39 bits per heavy atom. The van der Waals surface area contributed by atoms with E-state index in [2.05, 4.69) is 4.98 Å². The Bertz CT molecular complexity index is 487. The number of imide groups is 1. The number of methoxy groups -OCH3 is 1. The number of carbonyl (C=O) groups is 2. The predicted molar refractivity (Wildman–Crippen MR) is 68.8 cm³/mol. The Kier molecular flexibility index (Phi) is 4.11. The molecular weight excluding hydrogens is 252 g/mol. The maximum atomic E-state index is 12.0. The zero-order chi connectivity index (χ0) is 13.0. The minimum absolute atomic E-state index is 0.252. The summed E-state index contributed by atoms with van der Waals surface area (Å²) in [5.74, 6) is -0.265.